The molecule has 0 spiro atoms. The van der Waals surface area contributed by atoms with Crippen LogP contribution in [-0.4, -0.2) is 42.5 Å². The van der Waals surface area contributed by atoms with E-state index in [1.165, 1.54) is 12.1 Å². The zero-order chi connectivity index (χ0) is 24.7. The Hall–Kier alpha value is -3.48. The summed E-state index contributed by atoms with van der Waals surface area (Å²) in [6, 6.07) is 11.8. The van der Waals surface area contributed by atoms with E-state index in [1.807, 2.05) is 0 Å². The molecule has 9 heteroatoms. The van der Waals surface area contributed by atoms with E-state index < -0.39 is 11.7 Å². The van der Waals surface area contributed by atoms with Gasteiger partial charge < -0.3 is 20.3 Å². The molecule has 3 aromatic rings. The normalized spacial score (nSPS) is 11.1. The van der Waals surface area contributed by atoms with Gasteiger partial charge in [0.05, 0.1) is 22.8 Å². The molecule has 0 radical (unpaired) electrons. The smallest absolute Gasteiger partial charge is 0.249 e. The van der Waals surface area contributed by atoms with E-state index in [0.29, 0.717) is 34.6 Å². The Kier molecular flexibility index (Phi) is 8.57. The number of hydrogen-bond donors (Lipinski definition) is 2. The summed E-state index contributed by atoms with van der Waals surface area (Å²) in [5.41, 5.74) is 1.67. The van der Waals surface area contributed by atoms with Crippen molar-refractivity contribution in [2.75, 3.05) is 37.4 Å². The Balaban J connectivity index is 2.03. The number of fused-ring (bicyclic) bond motifs is 1. The lowest BCUT2D eigenvalue weighted by Gasteiger charge is -2.16. The van der Waals surface area contributed by atoms with Gasteiger partial charge in [-0.3, -0.25) is 4.79 Å². The minimum atomic E-state index is -0.403. The summed E-state index contributed by atoms with van der Waals surface area (Å²) in [6.45, 7) is 6.50. The zero-order valence-corrected chi connectivity index (χ0v) is 20.7. The summed E-state index contributed by atoms with van der Waals surface area (Å²) in [5, 5.41) is 16.5. The lowest BCUT2D eigenvalue weighted by atomic mass is 10.1. The second-order valence-corrected chi connectivity index (χ2v) is 8.19. The molecule has 1 amide bonds. The Morgan fingerprint density at radius 3 is 2.68 bits per heavy atom. The third-order valence-corrected chi connectivity index (χ3v) is 5.87. The van der Waals surface area contributed by atoms with Crippen molar-refractivity contribution in [3.8, 4) is 11.8 Å². The van der Waals surface area contributed by atoms with E-state index in [0.717, 1.165) is 13.1 Å². The molecule has 0 aliphatic heterocycles. The molecule has 34 heavy (non-hydrogen) atoms. The number of carbonyl (C=O) groups excluding carboxylic acids is 1. The number of aromatic nitrogens is 1. The van der Waals surface area contributed by atoms with Crippen molar-refractivity contribution < 1.29 is 13.9 Å². The topological polar surface area (TPSA) is 90.3 Å². The van der Waals surface area contributed by atoms with Crippen molar-refractivity contribution >= 4 is 49.9 Å². The number of amides is 1. The van der Waals surface area contributed by atoms with Gasteiger partial charge in [0, 0.05) is 29.8 Å². The molecule has 0 atom stereocenters. The van der Waals surface area contributed by atoms with Crippen molar-refractivity contribution in [2.24, 2.45) is 0 Å². The van der Waals surface area contributed by atoms with Crippen LogP contribution < -0.4 is 15.4 Å². The highest BCUT2D eigenvalue weighted by Gasteiger charge is 2.18. The zero-order valence-electron chi connectivity index (χ0n) is 19.2. The first kappa shape index (κ1) is 25.1. The van der Waals surface area contributed by atoms with Gasteiger partial charge in [0.15, 0.2) is 5.82 Å². The van der Waals surface area contributed by atoms with Crippen LogP contribution in [-0.2, 0) is 4.79 Å². The molecule has 0 bridgehead atoms. The van der Waals surface area contributed by atoms with Crippen LogP contribution in [0.25, 0.3) is 10.9 Å². The van der Waals surface area contributed by atoms with Gasteiger partial charge in [0.2, 0.25) is 5.91 Å². The average Bonchev–Trinajstić information content (AvgIpc) is 2.83. The number of rotatable bonds is 9. The number of halogens is 2. The number of carbonyl (C=O) groups is 1. The third kappa shape index (κ3) is 5.90. The molecule has 2 aromatic carbocycles. The maximum atomic E-state index is 13.7. The highest BCUT2D eigenvalue weighted by atomic mass is 79.9. The van der Waals surface area contributed by atoms with Crippen LogP contribution in [0.5, 0.6) is 5.75 Å². The maximum Gasteiger partial charge on any atom is 0.249 e. The van der Waals surface area contributed by atoms with Crippen molar-refractivity contribution in [3.63, 3.8) is 0 Å². The second-order valence-electron chi connectivity index (χ2n) is 7.34. The average molecular weight is 526 g/mol. The fraction of sp³-hybridized carbons (Fsp3) is 0.240. The van der Waals surface area contributed by atoms with Gasteiger partial charge in [-0.05, 0) is 59.4 Å². The minimum Gasteiger partial charge on any atom is -0.497 e. The summed E-state index contributed by atoms with van der Waals surface area (Å²) in [4.78, 5) is 19.3. The van der Waals surface area contributed by atoms with E-state index in [4.69, 9.17) is 4.74 Å². The minimum absolute atomic E-state index is 0.115. The quantitative estimate of drug-likeness (QED) is 0.353. The molecule has 1 heterocycles. The van der Waals surface area contributed by atoms with Crippen LogP contribution in [0.3, 0.4) is 0 Å². The summed E-state index contributed by atoms with van der Waals surface area (Å²) in [7, 11) is 1.55. The Labute approximate surface area is 206 Å². The Morgan fingerprint density at radius 1 is 1.26 bits per heavy atom. The lowest BCUT2D eigenvalue weighted by molar-refractivity contribution is -0.111. The number of hydrogen-bond acceptors (Lipinski definition) is 6. The van der Waals surface area contributed by atoms with Gasteiger partial charge in [-0.1, -0.05) is 19.9 Å². The molecule has 0 aliphatic carbocycles. The van der Waals surface area contributed by atoms with E-state index in [9.17, 15) is 14.4 Å². The van der Waals surface area contributed by atoms with E-state index in [2.05, 4.69) is 56.4 Å². The number of nitriles is 1. The van der Waals surface area contributed by atoms with E-state index >= 15 is 0 Å². The number of pyridine rings is 1. The van der Waals surface area contributed by atoms with Crippen molar-refractivity contribution in [1.29, 1.82) is 5.26 Å². The highest BCUT2D eigenvalue weighted by Crippen LogP contribution is 2.35. The van der Waals surface area contributed by atoms with Gasteiger partial charge in [-0.2, -0.15) is 5.26 Å². The molecule has 0 aliphatic rings. The molecule has 0 saturated carbocycles. The second kappa shape index (κ2) is 11.6. The van der Waals surface area contributed by atoms with Crippen molar-refractivity contribution in [3.05, 3.63) is 64.4 Å². The molecular weight excluding hydrogens is 501 g/mol. The molecular formula is C25H25BrFN5O2. The summed E-state index contributed by atoms with van der Waals surface area (Å²) in [5.74, 6) is -0.102. The van der Waals surface area contributed by atoms with E-state index in [1.54, 1.807) is 43.5 Å². The van der Waals surface area contributed by atoms with Gasteiger partial charge in [0.1, 0.15) is 23.2 Å². The van der Waals surface area contributed by atoms with Crippen LogP contribution in [0.15, 0.2) is 53.0 Å². The molecule has 0 fully saturated rings. The molecule has 7 nitrogen and oxygen atoms in total. The van der Waals surface area contributed by atoms with Crippen LogP contribution in [0, 0.1) is 17.1 Å². The molecule has 3 rings (SSSR count). The molecule has 1 aromatic heterocycles. The Morgan fingerprint density at radius 2 is 2.03 bits per heavy atom. The number of benzene rings is 2. The molecule has 0 saturated heterocycles. The highest BCUT2D eigenvalue weighted by molar-refractivity contribution is 9.10. The first-order chi connectivity index (χ1) is 16.4. The number of ether oxygens (including phenoxy) is 1. The fourth-order valence-corrected chi connectivity index (χ4v) is 3.75. The number of anilines is 3. The standard InChI is InChI=1S/C25H25BrFN5O2/c1-4-32(5-2)12-6-7-23(33)31-25-19(15-28)24(29-16-8-11-21(27)20(26)13-16)18-10-9-17(34-3)14-22(18)30-25/h6-11,13-14H,4-5,12H2,1-3H3,(H2,29,30,31,33). The number of nitrogens with zero attached hydrogens (tertiary/aromatic N) is 3. The first-order valence-electron chi connectivity index (χ1n) is 10.7. The van der Waals surface area contributed by atoms with Crippen LogP contribution in [0.1, 0.15) is 19.4 Å². The monoisotopic (exact) mass is 525 g/mol. The molecule has 0 unspecified atom stereocenters. The predicted molar refractivity (Wildman–Crippen MR) is 136 cm³/mol. The maximum absolute atomic E-state index is 13.7. The predicted octanol–water partition coefficient (Wildman–Crippen LogP) is 5.60. The van der Waals surface area contributed by atoms with Gasteiger partial charge >= 0.3 is 0 Å². The molecule has 2 N–H and O–H groups in total. The number of likely N-dealkylation sites (N-methyl/N-ethyl adjacent to an activating group) is 1. The Bertz CT molecular complexity index is 1270. The van der Waals surface area contributed by atoms with Gasteiger partial charge in [-0.15, -0.1) is 0 Å². The summed E-state index contributed by atoms with van der Waals surface area (Å²) >= 11 is 3.18. The largest absolute Gasteiger partial charge is 0.497 e. The number of nitrogens with one attached hydrogen (secondary N) is 2. The third-order valence-electron chi connectivity index (χ3n) is 5.26. The first-order valence-corrected chi connectivity index (χ1v) is 11.5. The number of methoxy groups -OCH3 is 1. The van der Waals surface area contributed by atoms with Gasteiger partial charge in [-0.25, -0.2) is 9.37 Å². The van der Waals surface area contributed by atoms with Gasteiger partial charge in [0.25, 0.3) is 0 Å². The summed E-state index contributed by atoms with van der Waals surface area (Å²) in [6.07, 6.45) is 3.20. The van der Waals surface area contributed by atoms with Crippen LogP contribution >= 0.6 is 15.9 Å². The van der Waals surface area contributed by atoms with Crippen molar-refractivity contribution in [2.45, 2.75) is 13.8 Å². The van der Waals surface area contributed by atoms with Crippen molar-refractivity contribution in [1.82, 2.24) is 9.88 Å². The van der Waals surface area contributed by atoms with Crippen LogP contribution in [0.4, 0.5) is 21.6 Å². The van der Waals surface area contributed by atoms with E-state index in [-0.39, 0.29) is 15.9 Å². The SMILES string of the molecule is CCN(CC)CC=CC(=O)Nc1nc2cc(OC)ccc2c(Nc2ccc(F)c(Br)c2)c1C#N. The molecule has 176 valence electrons. The van der Waals surface area contributed by atoms with Crippen LogP contribution in [0.2, 0.25) is 0 Å². The lowest BCUT2D eigenvalue weighted by Crippen LogP contribution is -2.23. The fourth-order valence-electron chi connectivity index (χ4n) is 3.37. The summed E-state index contributed by atoms with van der Waals surface area (Å²) < 4.78 is 19.3.